The number of hydrogen-bond donors (Lipinski definition) is 5. The number of hydrogen-bond acceptors (Lipinski definition) is 11. The van der Waals surface area contributed by atoms with E-state index in [1.807, 2.05) is 90.1 Å². The molecule has 0 saturated heterocycles. The van der Waals surface area contributed by atoms with Gasteiger partial charge < -0.3 is 22.1 Å². The molecule has 6 rings (SSSR count). The van der Waals surface area contributed by atoms with E-state index in [0.29, 0.717) is 40.4 Å². The quantitative estimate of drug-likeness (QED) is 0.114. The number of nitrogen functional groups attached to an aromatic ring is 2. The Morgan fingerprint density at radius 1 is 0.894 bits per heavy atom. The molecule has 0 unspecified atom stereocenters. The zero-order valence-corrected chi connectivity index (χ0v) is 28.9. The molecule has 1 aliphatic rings. The summed E-state index contributed by atoms with van der Waals surface area (Å²) >= 11 is 1.38. The number of aryl methyl sites for hydroxylation is 1. The summed E-state index contributed by atoms with van der Waals surface area (Å²) in [6.07, 6.45) is 7.48. The van der Waals surface area contributed by atoms with Crippen LogP contribution in [0.5, 0.6) is 0 Å². The molecule has 1 amide bonds. The van der Waals surface area contributed by atoms with Gasteiger partial charge in [-0.05, 0) is 44.4 Å². The molecule has 0 spiro atoms. The highest BCUT2D eigenvalue weighted by Crippen LogP contribution is 2.27. The maximum atomic E-state index is 12.5. The molecule has 0 aliphatic heterocycles. The molecule has 0 bridgehead atoms. The number of rotatable bonds is 7. The van der Waals surface area contributed by atoms with Crippen LogP contribution in [0.15, 0.2) is 61.2 Å². The Morgan fingerprint density at radius 2 is 1.53 bits per heavy atom. The molecular weight excluding hydrogens is 609 g/mol. The average Bonchev–Trinajstić information content (AvgIpc) is 3.79. The number of nitrogens with zero attached hydrogens (tertiary/aromatic N) is 5. The third kappa shape index (κ3) is 9.76. The SMILES string of the molecule is CC.CC.Cc1ncnc(N)c1C.N=C(c1ccc(CNC(=O)c2nc3ccccc3s2)cc1)c1c(N)ncnc1NC1CCCC1. The Balaban J connectivity index is 0.000000393. The van der Waals surface area contributed by atoms with Crippen LogP contribution in [0.4, 0.5) is 17.5 Å². The number of carbonyl (C=O) groups excluding carboxylic acids is 1. The normalized spacial score (nSPS) is 12.0. The van der Waals surface area contributed by atoms with Crippen molar-refractivity contribution >= 4 is 50.6 Å². The van der Waals surface area contributed by atoms with Gasteiger partial charge in [0.15, 0.2) is 5.01 Å². The first kappa shape index (κ1) is 36.5. The van der Waals surface area contributed by atoms with Crippen LogP contribution in [0, 0.1) is 19.3 Å². The second kappa shape index (κ2) is 18.2. The fourth-order valence-corrected chi connectivity index (χ4v) is 5.62. The summed E-state index contributed by atoms with van der Waals surface area (Å²) in [5.74, 6) is 1.27. The van der Waals surface area contributed by atoms with Gasteiger partial charge in [-0.25, -0.2) is 24.9 Å². The van der Waals surface area contributed by atoms with Gasteiger partial charge in [-0.3, -0.25) is 10.2 Å². The smallest absolute Gasteiger partial charge is 0.280 e. The maximum absolute atomic E-state index is 12.5. The van der Waals surface area contributed by atoms with Crippen LogP contribution in [0.2, 0.25) is 0 Å². The van der Waals surface area contributed by atoms with E-state index in [9.17, 15) is 4.79 Å². The number of fused-ring (bicyclic) bond motifs is 1. The van der Waals surface area contributed by atoms with Crippen LogP contribution in [0.25, 0.3) is 10.2 Å². The number of nitrogens with one attached hydrogen (secondary N) is 3. The van der Waals surface area contributed by atoms with Crippen LogP contribution < -0.4 is 22.1 Å². The second-order valence-electron chi connectivity index (χ2n) is 10.3. The van der Waals surface area contributed by atoms with Crippen molar-refractivity contribution in [3.05, 3.63) is 94.1 Å². The number of carbonyl (C=O) groups is 1. The summed E-state index contributed by atoms with van der Waals surface area (Å²) in [5.41, 5.74) is 16.8. The highest BCUT2D eigenvalue weighted by atomic mass is 32.1. The summed E-state index contributed by atoms with van der Waals surface area (Å²) in [6.45, 7) is 12.2. The first-order valence-corrected chi connectivity index (χ1v) is 16.8. The zero-order chi connectivity index (χ0) is 34.3. The first-order valence-electron chi connectivity index (χ1n) is 16.0. The van der Waals surface area contributed by atoms with Gasteiger partial charge in [0.05, 0.1) is 21.5 Å². The number of para-hydroxylation sites is 1. The van der Waals surface area contributed by atoms with Gasteiger partial charge in [0.2, 0.25) is 0 Å². The third-order valence-corrected chi connectivity index (χ3v) is 8.42. The van der Waals surface area contributed by atoms with E-state index in [1.165, 1.54) is 36.8 Å². The van der Waals surface area contributed by atoms with Gasteiger partial charge >= 0.3 is 0 Å². The minimum atomic E-state index is -0.199. The van der Waals surface area contributed by atoms with Crippen molar-refractivity contribution in [2.24, 2.45) is 0 Å². The molecule has 248 valence electrons. The molecule has 0 atom stereocenters. The molecular formula is C35H46N10OS. The van der Waals surface area contributed by atoms with Crippen molar-refractivity contribution in [3.8, 4) is 0 Å². The Hall–Kier alpha value is -4.97. The van der Waals surface area contributed by atoms with E-state index >= 15 is 0 Å². The molecule has 1 aliphatic carbocycles. The number of thiazole rings is 1. The summed E-state index contributed by atoms with van der Waals surface area (Å²) in [4.78, 5) is 33.2. The molecule has 2 aromatic carbocycles. The van der Waals surface area contributed by atoms with Gasteiger partial charge in [-0.2, -0.15) is 0 Å². The highest BCUT2D eigenvalue weighted by molar-refractivity contribution is 7.20. The molecule has 0 radical (unpaired) electrons. The second-order valence-corrected chi connectivity index (χ2v) is 11.3. The average molecular weight is 655 g/mol. The van der Waals surface area contributed by atoms with Gasteiger partial charge in [0.25, 0.3) is 5.91 Å². The largest absolute Gasteiger partial charge is 0.383 e. The fraction of sp³-hybridized carbons (Fsp3) is 0.343. The Kier molecular flexibility index (Phi) is 14.2. The number of nitrogens with two attached hydrogens (primary N) is 2. The van der Waals surface area contributed by atoms with Gasteiger partial charge in [-0.1, -0.05) is 76.9 Å². The molecule has 7 N–H and O–H groups in total. The predicted molar refractivity (Wildman–Crippen MR) is 194 cm³/mol. The van der Waals surface area contributed by atoms with Crippen molar-refractivity contribution in [2.75, 3.05) is 16.8 Å². The maximum Gasteiger partial charge on any atom is 0.280 e. The summed E-state index contributed by atoms with van der Waals surface area (Å²) in [6, 6.07) is 15.5. The van der Waals surface area contributed by atoms with E-state index in [1.54, 1.807) is 0 Å². The van der Waals surface area contributed by atoms with Gasteiger partial charge in [-0.15, -0.1) is 11.3 Å². The molecule has 1 saturated carbocycles. The van der Waals surface area contributed by atoms with Crippen molar-refractivity contribution < 1.29 is 4.79 Å². The minimum absolute atomic E-state index is 0.199. The number of aromatic nitrogens is 5. The topological polar surface area (TPSA) is 181 Å². The Bertz CT molecular complexity index is 1690. The van der Waals surface area contributed by atoms with Crippen molar-refractivity contribution in [3.63, 3.8) is 0 Å². The van der Waals surface area contributed by atoms with Crippen molar-refractivity contribution in [2.45, 2.75) is 79.8 Å². The summed E-state index contributed by atoms with van der Waals surface area (Å²) in [5, 5.41) is 15.6. The zero-order valence-electron chi connectivity index (χ0n) is 28.1. The number of amides is 1. The van der Waals surface area contributed by atoms with Gasteiger partial charge in [0, 0.05) is 29.4 Å². The molecule has 3 aromatic heterocycles. The highest BCUT2D eigenvalue weighted by Gasteiger charge is 2.21. The van der Waals surface area contributed by atoms with E-state index < -0.39 is 0 Å². The lowest BCUT2D eigenvalue weighted by Gasteiger charge is -2.17. The number of anilines is 3. The lowest BCUT2D eigenvalue weighted by molar-refractivity contribution is 0.0950. The van der Waals surface area contributed by atoms with Crippen LogP contribution in [-0.2, 0) is 6.54 Å². The monoisotopic (exact) mass is 654 g/mol. The van der Waals surface area contributed by atoms with E-state index in [-0.39, 0.29) is 17.4 Å². The summed E-state index contributed by atoms with van der Waals surface area (Å²) in [7, 11) is 0. The van der Waals surface area contributed by atoms with Crippen molar-refractivity contribution in [1.29, 1.82) is 5.41 Å². The molecule has 5 aromatic rings. The van der Waals surface area contributed by atoms with E-state index in [4.69, 9.17) is 16.9 Å². The third-order valence-electron chi connectivity index (χ3n) is 7.38. The molecule has 1 fully saturated rings. The Labute approximate surface area is 281 Å². The Morgan fingerprint density at radius 3 is 2.17 bits per heavy atom. The van der Waals surface area contributed by atoms with Crippen molar-refractivity contribution in [1.82, 2.24) is 30.2 Å². The van der Waals surface area contributed by atoms with Crippen LogP contribution in [-0.4, -0.2) is 42.6 Å². The van der Waals surface area contributed by atoms with Crippen LogP contribution in [0.1, 0.15) is 91.1 Å². The molecule has 12 heteroatoms. The van der Waals surface area contributed by atoms with Gasteiger partial charge in [0.1, 0.15) is 30.1 Å². The van der Waals surface area contributed by atoms with E-state index in [0.717, 1.165) is 39.9 Å². The summed E-state index contributed by atoms with van der Waals surface area (Å²) < 4.78 is 0.987. The first-order chi connectivity index (χ1) is 22.8. The molecule has 3 heterocycles. The molecule has 47 heavy (non-hydrogen) atoms. The standard InChI is InChI=1S/C25H25N7OS.C6H9N3.2C2H6/c26-21(20-22(27)29-14-30-23(20)31-17-5-1-2-6-17)16-11-9-15(10-12-16)13-28-24(33)25-32-18-7-3-4-8-19(18)34-25;1-4-5(2)8-3-9-6(4)7;2*1-2/h3-4,7-12,14,17,26H,1-2,5-6,13H2,(H,28,33)(H3,27,29,30,31);3H,1-2H3,(H2,7,8,9);2*1-2H3. The van der Waals surface area contributed by atoms with E-state index in [2.05, 4.69) is 35.6 Å². The van der Waals surface area contributed by atoms with Crippen LogP contribution >= 0.6 is 11.3 Å². The number of benzene rings is 2. The van der Waals surface area contributed by atoms with Crippen LogP contribution in [0.3, 0.4) is 0 Å². The lowest BCUT2D eigenvalue weighted by atomic mass is 10.0. The fourth-order valence-electron chi connectivity index (χ4n) is 4.74. The predicted octanol–water partition coefficient (Wildman–Crippen LogP) is 7.10. The molecule has 11 nitrogen and oxygen atoms in total. The lowest BCUT2D eigenvalue weighted by Crippen LogP contribution is -2.22. The minimum Gasteiger partial charge on any atom is -0.383 e.